The Morgan fingerprint density at radius 1 is 0.800 bits per heavy atom. The van der Waals surface area contributed by atoms with E-state index in [1.54, 1.807) is 13.8 Å². The van der Waals surface area contributed by atoms with Gasteiger partial charge in [0.15, 0.2) is 0 Å². The lowest BCUT2D eigenvalue weighted by Crippen LogP contribution is -2.40. The molecule has 20 heavy (non-hydrogen) atoms. The van der Waals surface area contributed by atoms with E-state index in [0.29, 0.717) is 0 Å². The molecule has 2 atom stereocenters. The summed E-state index contributed by atoms with van der Waals surface area (Å²) in [6, 6.07) is 0. The minimum atomic E-state index is -1.55. The van der Waals surface area contributed by atoms with Gasteiger partial charge in [-0.15, -0.1) is 0 Å². The maximum atomic E-state index is 11.9. The van der Waals surface area contributed by atoms with E-state index in [0.717, 1.165) is 0 Å². The van der Waals surface area contributed by atoms with Gasteiger partial charge in [-0.05, 0) is 20.8 Å². The van der Waals surface area contributed by atoms with Gasteiger partial charge in [0.2, 0.25) is 0 Å². The average molecular weight is 288 g/mol. The first-order valence-electron chi connectivity index (χ1n) is 6.44. The molecule has 0 aromatic rings. The Labute approximate surface area is 117 Å². The summed E-state index contributed by atoms with van der Waals surface area (Å²) in [7, 11) is 0. The molecule has 0 spiro atoms. The van der Waals surface area contributed by atoms with Crippen molar-refractivity contribution in [3.8, 4) is 0 Å². The molecule has 0 fully saturated rings. The second-order valence-corrected chi connectivity index (χ2v) is 3.86. The van der Waals surface area contributed by atoms with Crippen molar-refractivity contribution in [2.45, 2.75) is 27.7 Å². The Morgan fingerprint density at radius 3 is 1.70 bits per heavy atom. The lowest BCUT2D eigenvalue weighted by atomic mass is 9.90. The molecule has 0 heterocycles. The summed E-state index contributed by atoms with van der Waals surface area (Å²) in [6.07, 6.45) is 0. The van der Waals surface area contributed by atoms with Gasteiger partial charge >= 0.3 is 17.9 Å². The molecule has 2 unspecified atom stereocenters. The standard InChI is InChI=1S/C13H20O7/c1-5-18-11(15)8(4)9(12(16)19-6-2)10(14)13(17)20-7-3/h8-9H,5-7H2,1-4H3. The zero-order chi connectivity index (χ0) is 15.7. The summed E-state index contributed by atoms with van der Waals surface area (Å²) in [5.74, 6) is -6.62. The molecule has 7 nitrogen and oxygen atoms in total. The summed E-state index contributed by atoms with van der Waals surface area (Å²) in [6.45, 7) is 6.13. The van der Waals surface area contributed by atoms with Crippen molar-refractivity contribution in [2.24, 2.45) is 11.8 Å². The quantitative estimate of drug-likeness (QED) is 0.277. The minimum absolute atomic E-state index is 0.00605. The van der Waals surface area contributed by atoms with Gasteiger partial charge in [-0.25, -0.2) is 4.79 Å². The fraction of sp³-hybridized carbons (Fsp3) is 0.692. The highest BCUT2D eigenvalue weighted by atomic mass is 16.5. The molecule has 0 aliphatic heterocycles. The molecule has 0 N–H and O–H groups in total. The SMILES string of the molecule is CCOC(=O)C(=O)C(C(=O)OCC)C(C)C(=O)OCC. The van der Waals surface area contributed by atoms with Crippen LogP contribution in [-0.2, 0) is 33.4 Å². The van der Waals surface area contributed by atoms with Crippen molar-refractivity contribution in [1.82, 2.24) is 0 Å². The van der Waals surface area contributed by atoms with Crippen LogP contribution >= 0.6 is 0 Å². The zero-order valence-corrected chi connectivity index (χ0v) is 12.1. The minimum Gasteiger partial charge on any atom is -0.466 e. The van der Waals surface area contributed by atoms with Crippen LogP contribution in [0.3, 0.4) is 0 Å². The summed E-state index contributed by atoms with van der Waals surface area (Å²) >= 11 is 0. The Bertz CT molecular complexity index is 375. The third kappa shape index (κ3) is 4.99. The maximum Gasteiger partial charge on any atom is 0.375 e. The molecule has 0 aliphatic rings. The first-order valence-corrected chi connectivity index (χ1v) is 6.44. The third-order valence-corrected chi connectivity index (χ3v) is 2.46. The van der Waals surface area contributed by atoms with Gasteiger partial charge in [0.25, 0.3) is 5.78 Å². The number of rotatable bonds is 8. The number of carbonyl (C=O) groups is 4. The molecule has 0 radical (unpaired) electrons. The van der Waals surface area contributed by atoms with Crippen LogP contribution in [0.2, 0.25) is 0 Å². The summed E-state index contributed by atoms with van der Waals surface area (Å²) in [5.41, 5.74) is 0. The van der Waals surface area contributed by atoms with Crippen molar-refractivity contribution in [2.75, 3.05) is 19.8 Å². The van der Waals surface area contributed by atoms with Crippen molar-refractivity contribution in [1.29, 1.82) is 0 Å². The maximum absolute atomic E-state index is 11.9. The Hall–Kier alpha value is -1.92. The monoisotopic (exact) mass is 288 g/mol. The Kier molecular flexibility index (Phi) is 8.19. The normalized spacial score (nSPS) is 13.0. The highest BCUT2D eigenvalue weighted by Crippen LogP contribution is 2.18. The van der Waals surface area contributed by atoms with Crippen molar-refractivity contribution >= 4 is 23.7 Å². The van der Waals surface area contributed by atoms with Crippen LogP contribution in [-0.4, -0.2) is 43.5 Å². The number of ketones is 1. The lowest BCUT2D eigenvalue weighted by Gasteiger charge is -2.19. The van der Waals surface area contributed by atoms with Crippen LogP contribution in [0.1, 0.15) is 27.7 Å². The van der Waals surface area contributed by atoms with Crippen LogP contribution in [0, 0.1) is 11.8 Å². The molecule has 0 saturated carbocycles. The number of ether oxygens (including phenoxy) is 3. The highest BCUT2D eigenvalue weighted by Gasteiger charge is 2.42. The fourth-order valence-electron chi connectivity index (χ4n) is 1.51. The molecule has 0 saturated heterocycles. The largest absolute Gasteiger partial charge is 0.466 e. The van der Waals surface area contributed by atoms with E-state index in [-0.39, 0.29) is 19.8 Å². The van der Waals surface area contributed by atoms with Crippen molar-refractivity contribution in [3.63, 3.8) is 0 Å². The van der Waals surface area contributed by atoms with Gasteiger partial charge in [-0.2, -0.15) is 0 Å². The van der Waals surface area contributed by atoms with E-state index in [1.165, 1.54) is 13.8 Å². The molecule has 7 heteroatoms. The van der Waals surface area contributed by atoms with E-state index < -0.39 is 35.5 Å². The Balaban J connectivity index is 5.17. The second-order valence-electron chi connectivity index (χ2n) is 3.86. The van der Waals surface area contributed by atoms with Crippen LogP contribution in [0.15, 0.2) is 0 Å². The van der Waals surface area contributed by atoms with Crippen LogP contribution in [0.25, 0.3) is 0 Å². The molecule has 0 aliphatic carbocycles. The van der Waals surface area contributed by atoms with Gasteiger partial charge in [0, 0.05) is 0 Å². The topological polar surface area (TPSA) is 96.0 Å². The molecule has 0 bridgehead atoms. The Morgan fingerprint density at radius 2 is 1.25 bits per heavy atom. The number of esters is 3. The number of hydrogen-bond donors (Lipinski definition) is 0. The van der Waals surface area contributed by atoms with Gasteiger partial charge in [-0.3, -0.25) is 14.4 Å². The molecule has 114 valence electrons. The average Bonchev–Trinajstić information content (AvgIpc) is 2.39. The predicted octanol–water partition coefficient (Wildman–Crippen LogP) is 0.497. The van der Waals surface area contributed by atoms with Crippen LogP contribution in [0.5, 0.6) is 0 Å². The van der Waals surface area contributed by atoms with E-state index in [4.69, 9.17) is 9.47 Å². The van der Waals surface area contributed by atoms with Crippen molar-refractivity contribution < 1.29 is 33.4 Å². The first-order chi connectivity index (χ1) is 9.40. The van der Waals surface area contributed by atoms with Gasteiger partial charge in [-0.1, -0.05) is 6.92 Å². The third-order valence-electron chi connectivity index (χ3n) is 2.46. The highest BCUT2D eigenvalue weighted by molar-refractivity contribution is 6.38. The van der Waals surface area contributed by atoms with Crippen LogP contribution < -0.4 is 0 Å². The number of Topliss-reactive ketones (excluding diaryl/α,β-unsaturated/α-hetero) is 1. The van der Waals surface area contributed by atoms with Crippen LogP contribution in [0.4, 0.5) is 0 Å². The summed E-state index contributed by atoms with van der Waals surface area (Å²) in [5, 5.41) is 0. The summed E-state index contributed by atoms with van der Waals surface area (Å²) < 4.78 is 14.0. The van der Waals surface area contributed by atoms with Gasteiger partial charge in [0.1, 0.15) is 5.92 Å². The molecule has 0 aromatic heterocycles. The lowest BCUT2D eigenvalue weighted by molar-refractivity contribution is -0.168. The van der Waals surface area contributed by atoms with E-state index in [1.807, 2.05) is 0 Å². The number of hydrogen-bond acceptors (Lipinski definition) is 7. The predicted molar refractivity (Wildman–Crippen MR) is 67.6 cm³/mol. The van der Waals surface area contributed by atoms with Gasteiger partial charge < -0.3 is 14.2 Å². The first kappa shape index (κ1) is 18.1. The molecular weight excluding hydrogens is 268 g/mol. The van der Waals surface area contributed by atoms with Crippen molar-refractivity contribution in [3.05, 3.63) is 0 Å². The molecule has 0 aromatic carbocycles. The van der Waals surface area contributed by atoms with E-state index in [9.17, 15) is 19.2 Å². The number of carbonyl (C=O) groups excluding carboxylic acids is 4. The van der Waals surface area contributed by atoms with E-state index >= 15 is 0 Å². The molecule has 0 amide bonds. The fourth-order valence-corrected chi connectivity index (χ4v) is 1.51. The molecule has 0 rings (SSSR count). The zero-order valence-electron chi connectivity index (χ0n) is 12.1. The molecular formula is C13H20O7. The van der Waals surface area contributed by atoms with E-state index in [2.05, 4.69) is 4.74 Å². The smallest absolute Gasteiger partial charge is 0.375 e. The summed E-state index contributed by atoms with van der Waals surface area (Å²) in [4.78, 5) is 46.8. The second kappa shape index (κ2) is 9.06. The van der Waals surface area contributed by atoms with Gasteiger partial charge in [0.05, 0.1) is 25.7 Å².